The lowest BCUT2D eigenvalue weighted by atomic mass is 10.0. The number of fused-ring (bicyclic) bond motifs is 1. The van der Waals surface area contributed by atoms with E-state index < -0.39 is 0 Å². The maximum Gasteiger partial charge on any atom is 0.221 e. The lowest BCUT2D eigenvalue weighted by Crippen LogP contribution is -2.24. The summed E-state index contributed by atoms with van der Waals surface area (Å²) in [7, 11) is 0. The highest BCUT2D eigenvalue weighted by atomic mass is 127. The number of benzene rings is 1. The van der Waals surface area contributed by atoms with Gasteiger partial charge in [-0.2, -0.15) is 5.10 Å². The molecule has 1 fully saturated rings. The molecule has 0 bridgehead atoms. The zero-order chi connectivity index (χ0) is 18.3. The number of hydrogen-bond donors (Lipinski definition) is 1. The first-order valence-corrected chi connectivity index (χ1v) is 9.44. The van der Waals surface area contributed by atoms with E-state index in [1.807, 2.05) is 18.3 Å². The first-order chi connectivity index (χ1) is 12.5. The van der Waals surface area contributed by atoms with Crippen LogP contribution in [0.2, 0.25) is 0 Å². The highest BCUT2D eigenvalue weighted by molar-refractivity contribution is 14.1. The van der Waals surface area contributed by atoms with Crippen molar-refractivity contribution >= 4 is 45.7 Å². The van der Waals surface area contributed by atoms with Crippen molar-refractivity contribution in [3.63, 3.8) is 0 Å². The number of aromatic nitrogens is 3. The summed E-state index contributed by atoms with van der Waals surface area (Å²) in [5.74, 6) is 0.409. The highest BCUT2D eigenvalue weighted by Gasteiger charge is 2.29. The van der Waals surface area contributed by atoms with Gasteiger partial charge in [0.2, 0.25) is 5.91 Å². The lowest BCUT2D eigenvalue weighted by molar-refractivity contribution is -0.114. The second-order valence-electron chi connectivity index (χ2n) is 6.31. The van der Waals surface area contributed by atoms with E-state index in [1.165, 1.54) is 13.0 Å². The van der Waals surface area contributed by atoms with Gasteiger partial charge in [-0.1, -0.05) is 0 Å². The van der Waals surface area contributed by atoms with Gasteiger partial charge in [-0.05, 0) is 65.3 Å². The molecule has 2 aromatic heterocycles. The van der Waals surface area contributed by atoms with Crippen LogP contribution < -0.4 is 10.2 Å². The van der Waals surface area contributed by atoms with Crippen molar-refractivity contribution in [3.05, 3.63) is 51.6 Å². The van der Waals surface area contributed by atoms with Gasteiger partial charge in [-0.3, -0.25) is 4.79 Å². The zero-order valence-electron chi connectivity index (χ0n) is 14.1. The maximum absolute atomic E-state index is 13.8. The number of nitrogens with zero attached hydrogens (tertiary/aromatic N) is 4. The van der Waals surface area contributed by atoms with Crippen LogP contribution in [0.25, 0.3) is 5.65 Å². The highest BCUT2D eigenvalue weighted by Crippen LogP contribution is 2.37. The molecule has 1 aromatic carbocycles. The SMILES string of the molecule is CC(=O)Nc1cnn2ccc(N3CCC[C@@H]3c3cc(F)ccc3I)nc12. The summed E-state index contributed by atoms with van der Waals surface area (Å²) in [4.78, 5) is 18.3. The molecule has 6 nitrogen and oxygen atoms in total. The molecule has 3 aromatic rings. The maximum atomic E-state index is 13.8. The van der Waals surface area contributed by atoms with Gasteiger partial charge in [0.25, 0.3) is 0 Å². The summed E-state index contributed by atoms with van der Waals surface area (Å²) < 4.78 is 16.5. The van der Waals surface area contributed by atoms with Crippen molar-refractivity contribution < 1.29 is 9.18 Å². The van der Waals surface area contributed by atoms with Crippen LogP contribution in [-0.2, 0) is 4.79 Å². The summed E-state index contributed by atoms with van der Waals surface area (Å²) in [6.07, 6.45) is 5.38. The Morgan fingerprint density at radius 3 is 3.04 bits per heavy atom. The molecule has 26 heavy (non-hydrogen) atoms. The summed E-state index contributed by atoms with van der Waals surface area (Å²) in [5, 5.41) is 6.96. The summed E-state index contributed by atoms with van der Waals surface area (Å²) in [6.45, 7) is 2.31. The smallest absolute Gasteiger partial charge is 0.221 e. The fraction of sp³-hybridized carbons (Fsp3) is 0.278. The quantitative estimate of drug-likeness (QED) is 0.599. The molecule has 1 N–H and O–H groups in total. The Morgan fingerprint density at radius 1 is 1.38 bits per heavy atom. The van der Waals surface area contributed by atoms with Gasteiger partial charge in [0.15, 0.2) is 5.65 Å². The molecular weight excluding hydrogens is 448 g/mol. The third kappa shape index (κ3) is 3.13. The molecule has 4 rings (SSSR count). The molecule has 8 heteroatoms. The van der Waals surface area contributed by atoms with Crippen LogP contribution in [0.15, 0.2) is 36.7 Å². The fourth-order valence-electron chi connectivity index (χ4n) is 3.43. The van der Waals surface area contributed by atoms with Gasteiger partial charge in [-0.15, -0.1) is 0 Å². The third-order valence-corrected chi connectivity index (χ3v) is 5.51. The van der Waals surface area contributed by atoms with Gasteiger partial charge in [0, 0.05) is 23.2 Å². The lowest BCUT2D eigenvalue weighted by Gasteiger charge is -2.27. The molecule has 1 saturated heterocycles. The standard InChI is InChI=1S/C18H17FIN5O/c1-11(26)22-15-10-21-25-8-6-17(23-18(15)25)24-7-2-3-16(24)13-9-12(19)4-5-14(13)20/h4-6,8-10,16H,2-3,7H2,1H3,(H,22,26)/t16-/m1/s1. The summed E-state index contributed by atoms with van der Waals surface area (Å²) >= 11 is 2.25. The van der Waals surface area contributed by atoms with Crippen molar-refractivity contribution in [1.82, 2.24) is 14.6 Å². The summed E-state index contributed by atoms with van der Waals surface area (Å²) in [5.41, 5.74) is 2.16. The summed E-state index contributed by atoms with van der Waals surface area (Å²) in [6, 6.07) is 6.90. The molecular formula is C18H17FIN5O. The van der Waals surface area contributed by atoms with Crippen molar-refractivity contribution in [1.29, 1.82) is 0 Å². The molecule has 0 spiro atoms. The predicted octanol–water partition coefficient (Wildman–Crippen LogP) is 3.77. The molecule has 1 aliphatic heterocycles. The molecule has 1 amide bonds. The van der Waals surface area contributed by atoms with E-state index >= 15 is 0 Å². The first-order valence-electron chi connectivity index (χ1n) is 8.36. The van der Waals surface area contributed by atoms with Gasteiger partial charge < -0.3 is 10.2 Å². The largest absolute Gasteiger partial charge is 0.349 e. The molecule has 0 radical (unpaired) electrons. The number of halogens is 2. The van der Waals surface area contributed by atoms with E-state index in [2.05, 4.69) is 37.9 Å². The molecule has 1 atom stereocenters. The van der Waals surface area contributed by atoms with Crippen LogP contribution in [-0.4, -0.2) is 27.0 Å². The minimum atomic E-state index is -0.223. The van der Waals surface area contributed by atoms with Crippen LogP contribution >= 0.6 is 22.6 Å². The number of carbonyl (C=O) groups is 1. The number of amides is 1. The Labute approximate surface area is 163 Å². The van der Waals surface area contributed by atoms with Gasteiger partial charge >= 0.3 is 0 Å². The fourth-order valence-corrected chi connectivity index (χ4v) is 4.13. The number of carbonyl (C=O) groups excluding carboxylic acids is 1. The Morgan fingerprint density at radius 2 is 2.23 bits per heavy atom. The van der Waals surface area contributed by atoms with Gasteiger partial charge in [-0.25, -0.2) is 13.9 Å². The van der Waals surface area contributed by atoms with Crippen molar-refractivity contribution in [3.8, 4) is 0 Å². The topological polar surface area (TPSA) is 62.5 Å². The van der Waals surface area contributed by atoms with Gasteiger partial charge in [0.05, 0.1) is 12.2 Å². The van der Waals surface area contributed by atoms with E-state index in [1.54, 1.807) is 16.8 Å². The molecule has 0 saturated carbocycles. The average Bonchev–Trinajstić information content (AvgIpc) is 3.23. The van der Waals surface area contributed by atoms with E-state index in [0.717, 1.165) is 34.3 Å². The van der Waals surface area contributed by atoms with E-state index in [4.69, 9.17) is 4.98 Å². The van der Waals surface area contributed by atoms with Crippen molar-refractivity contribution in [2.24, 2.45) is 0 Å². The predicted molar refractivity (Wildman–Crippen MR) is 106 cm³/mol. The number of anilines is 2. The average molecular weight is 465 g/mol. The van der Waals surface area contributed by atoms with Crippen LogP contribution in [0.5, 0.6) is 0 Å². The molecule has 134 valence electrons. The van der Waals surface area contributed by atoms with Crippen LogP contribution in [0.4, 0.5) is 15.9 Å². The first kappa shape index (κ1) is 17.2. The van der Waals surface area contributed by atoms with E-state index in [0.29, 0.717) is 11.3 Å². The van der Waals surface area contributed by atoms with Crippen LogP contribution in [0.1, 0.15) is 31.4 Å². The van der Waals surface area contributed by atoms with E-state index in [9.17, 15) is 9.18 Å². The normalized spacial score (nSPS) is 17.0. The molecule has 0 aliphatic carbocycles. The number of rotatable bonds is 3. The monoisotopic (exact) mass is 465 g/mol. The molecule has 0 unspecified atom stereocenters. The Kier molecular flexibility index (Phi) is 4.51. The molecule has 1 aliphatic rings. The number of nitrogens with one attached hydrogen (secondary N) is 1. The molecule has 3 heterocycles. The van der Waals surface area contributed by atoms with Crippen LogP contribution in [0, 0.1) is 9.39 Å². The minimum absolute atomic E-state index is 0.0830. The van der Waals surface area contributed by atoms with E-state index in [-0.39, 0.29) is 17.8 Å². The van der Waals surface area contributed by atoms with Crippen molar-refractivity contribution in [2.45, 2.75) is 25.8 Å². The number of hydrogen-bond acceptors (Lipinski definition) is 4. The second kappa shape index (κ2) is 6.82. The van der Waals surface area contributed by atoms with Crippen molar-refractivity contribution in [2.75, 3.05) is 16.8 Å². The second-order valence-corrected chi connectivity index (χ2v) is 7.47. The minimum Gasteiger partial charge on any atom is -0.349 e. The zero-order valence-corrected chi connectivity index (χ0v) is 16.3. The third-order valence-electron chi connectivity index (χ3n) is 4.53. The Balaban J connectivity index is 1.73. The van der Waals surface area contributed by atoms with Gasteiger partial charge in [0.1, 0.15) is 17.3 Å². The Hall–Kier alpha value is -2.23. The van der Waals surface area contributed by atoms with Crippen LogP contribution in [0.3, 0.4) is 0 Å². The Bertz CT molecular complexity index is 989.